The van der Waals surface area contributed by atoms with Crippen molar-refractivity contribution in [1.29, 1.82) is 0 Å². The highest BCUT2D eigenvalue weighted by Gasteiger charge is 2.14. The first-order valence-corrected chi connectivity index (χ1v) is 6.09. The molecular formula is C11H19ClO3. The Morgan fingerprint density at radius 1 is 1.40 bits per heavy atom. The van der Waals surface area contributed by atoms with E-state index in [-0.39, 0.29) is 0 Å². The fraction of sp³-hybridized carbons (Fsp3) is 0.909. The Kier molecular flexibility index (Phi) is 5.84. The minimum absolute atomic E-state index is 0.451. The monoisotopic (exact) mass is 234 g/mol. The van der Waals surface area contributed by atoms with Crippen LogP contribution in [0.3, 0.4) is 0 Å². The molecule has 0 aliphatic heterocycles. The molecule has 0 saturated heterocycles. The van der Waals surface area contributed by atoms with Gasteiger partial charge in [-0.25, -0.2) is 4.79 Å². The van der Waals surface area contributed by atoms with Gasteiger partial charge in [0.05, 0.1) is 6.61 Å². The molecule has 1 aliphatic rings. The summed E-state index contributed by atoms with van der Waals surface area (Å²) < 4.78 is 9.55. The molecule has 15 heavy (non-hydrogen) atoms. The standard InChI is InChI=1S/C11H19ClO3/c1-9(12)15-11(13)14-8-7-10-5-3-2-4-6-10/h9-10H,2-8H2,1H3. The van der Waals surface area contributed by atoms with E-state index in [0.29, 0.717) is 6.61 Å². The van der Waals surface area contributed by atoms with Crippen LogP contribution in [0, 0.1) is 5.92 Å². The highest BCUT2D eigenvalue weighted by atomic mass is 35.5. The molecule has 0 N–H and O–H groups in total. The molecule has 1 unspecified atom stereocenters. The van der Waals surface area contributed by atoms with E-state index in [2.05, 4.69) is 4.74 Å². The van der Waals surface area contributed by atoms with Crippen molar-refractivity contribution in [2.24, 2.45) is 5.92 Å². The van der Waals surface area contributed by atoms with Gasteiger partial charge in [-0.3, -0.25) is 0 Å². The van der Waals surface area contributed by atoms with Gasteiger partial charge in [0, 0.05) is 0 Å². The van der Waals surface area contributed by atoms with Gasteiger partial charge in [0.2, 0.25) is 0 Å². The third-order valence-corrected chi connectivity index (χ3v) is 2.82. The molecule has 0 heterocycles. The van der Waals surface area contributed by atoms with Crippen LogP contribution in [-0.4, -0.2) is 18.3 Å². The molecule has 1 aliphatic carbocycles. The number of carbonyl (C=O) groups excluding carboxylic acids is 1. The first kappa shape index (κ1) is 12.6. The van der Waals surface area contributed by atoms with Gasteiger partial charge in [-0.1, -0.05) is 43.7 Å². The van der Waals surface area contributed by atoms with Gasteiger partial charge in [-0.15, -0.1) is 0 Å². The molecule has 1 saturated carbocycles. The molecule has 3 nitrogen and oxygen atoms in total. The quantitative estimate of drug-likeness (QED) is 0.550. The Bertz CT molecular complexity index is 188. The summed E-state index contributed by atoms with van der Waals surface area (Å²) in [6.45, 7) is 2.04. The molecule has 0 amide bonds. The lowest BCUT2D eigenvalue weighted by molar-refractivity contribution is 0.0449. The molecule has 4 heteroatoms. The highest BCUT2D eigenvalue weighted by molar-refractivity contribution is 6.19. The Balaban J connectivity index is 2.02. The van der Waals surface area contributed by atoms with E-state index >= 15 is 0 Å². The van der Waals surface area contributed by atoms with Gasteiger partial charge in [0.15, 0.2) is 5.56 Å². The van der Waals surface area contributed by atoms with Crippen LogP contribution in [0.4, 0.5) is 4.79 Å². The predicted molar refractivity (Wildman–Crippen MR) is 58.9 cm³/mol. The molecule has 0 bridgehead atoms. The molecule has 1 fully saturated rings. The topological polar surface area (TPSA) is 35.5 Å². The first-order valence-electron chi connectivity index (χ1n) is 5.66. The molecule has 0 aromatic heterocycles. The molecule has 0 radical (unpaired) electrons. The second-order valence-corrected chi connectivity index (χ2v) is 4.67. The maximum atomic E-state index is 11.0. The van der Waals surface area contributed by atoms with Gasteiger partial charge in [0.1, 0.15) is 0 Å². The molecule has 1 rings (SSSR count). The Hall–Kier alpha value is -0.440. The minimum atomic E-state index is -0.659. The molecule has 0 aromatic carbocycles. The summed E-state index contributed by atoms with van der Waals surface area (Å²) in [7, 11) is 0. The fourth-order valence-corrected chi connectivity index (χ4v) is 2.02. The number of carbonyl (C=O) groups is 1. The Labute approximate surface area is 96.1 Å². The van der Waals surface area contributed by atoms with Crippen molar-refractivity contribution >= 4 is 17.8 Å². The third kappa shape index (κ3) is 5.88. The maximum absolute atomic E-state index is 11.0. The zero-order chi connectivity index (χ0) is 11.1. The van der Waals surface area contributed by atoms with Crippen molar-refractivity contribution in [3.63, 3.8) is 0 Å². The van der Waals surface area contributed by atoms with Crippen LogP contribution in [-0.2, 0) is 9.47 Å². The summed E-state index contributed by atoms with van der Waals surface area (Å²) in [5, 5.41) is 0. The number of ether oxygens (including phenoxy) is 2. The molecule has 0 aromatic rings. The molecule has 88 valence electrons. The van der Waals surface area contributed by atoms with Crippen LogP contribution in [0.25, 0.3) is 0 Å². The summed E-state index contributed by atoms with van der Waals surface area (Å²) >= 11 is 5.48. The van der Waals surface area contributed by atoms with Gasteiger partial charge in [-0.2, -0.15) is 0 Å². The van der Waals surface area contributed by atoms with Crippen LogP contribution in [0.15, 0.2) is 0 Å². The van der Waals surface area contributed by atoms with Crippen molar-refractivity contribution in [1.82, 2.24) is 0 Å². The van der Waals surface area contributed by atoms with E-state index in [1.165, 1.54) is 32.1 Å². The number of halogens is 1. The maximum Gasteiger partial charge on any atom is 0.509 e. The van der Waals surface area contributed by atoms with E-state index in [4.69, 9.17) is 16.3 Å². The fourth-order valence-electron chi connectivity index (χ4n) is 1.95. The van der Waals surface area contributed by atoms with E-state index in [1.807, 2.05) is 0 Å². The number of hydrogen-bond donors (Lipinski definition) is 0. The number of alkyl halides is 1. The number of rotatable bonds is 4. The van der Waals surface area contributed by atoms with Crippen molar-refractivity contribution in [2.75, 3.05) is 6.61 Å². The van der Waals surface area contributed by atoms with Crippen LogP contribution in [0.2, 0.25) is 0 Å². The molecule has 1 atom stereocenters. The van der Waals surface area contributed by atoms with Crippen LogP contribution in [0.5, 0.6) is 0 Å². The predicted octanol–water partition coefficient (Wildman–Crippen LogP) is 3.69. The zero-order valence-corrected chi connectivity index (χ0v) is 9.96. The van der Waals surface area contributed by atoms with E-state index in [0.717, 1.165) is 12.3 Å². The SMILES string of the molecule is CC(Cl)OC(=O)OCCC1CCCCC1. The summed E-state index contributed by atoms with van der Waals surface area (Å²) in [5.74, 6) is 0.722. The lowest BCUT2D eigenvalue weighted by atomic mass is 9.87. The largest absolute Gasteiger partial charge is 0.509 e. The van der Waals surface area contributed by atoms with Gasteiger partial charge < -0.3 is 9.47 Å². The summed E-state index contributed by atoms with van der Waals surface area (Å²) in [6, 6.07) is 0. The second-order valence-electron chi connectivity index (χ2n) is 4.05. The Morgan fingerprint density at radius 2 is 2.07 bits per heavy atom. The highest BCUT2D eigenvalue weighted by Crippen LogP contribution is 2.26. The van der Waals surface area contributed by atoms with Crippen LogP contribution in [0.1, 0.15) is 45.4 Å². The lowest BCUT2D eigenvalue weighted by Gasteiger charge is -2.20. The van der Waals surface area contributed by atoms with E-state index in [1.54, 1.807) is 6.92 Å². The van der Waals surface area contributed by atoms with Crippen molar-refractivity contribution in [3.8, 4) is 0 Å². The van der Waals surface area contributed by atoms with Gasteiger partial charge in [0.25, 0.3) is 0 Å². The van der Waals surface area contributed by atoms with E-state index < -0.39 is 11.7 Å². The Morgan fingerprint density at radius 3 is 2.67 bits per heavy atom. The van der Waals surface area contributed by atoms with Crippen LogP contribution >= 0.6 is 11.6 Å². The summed E-state index contributed by atoms with van der Waals surface area (Å²) in [5.41, 5.74) is -0.618. The molecule has 0 spiro atoms. The minimum Gasteiger partial charge on any atom is -0.434 e. The zero-order valence-electron chi connectivity index (χ0n) is 9.21. The first-order chi connectivity index (χ1) is 7.18. The van der Waals surface area contributed by atoms with Gasteiger partial charge >= 0.3 is 6.16 Å². The summed E-state index contributed by atoms with van der Waals surface area (Å²) in [4.78, 5) is 11.0. The second kappa shape index (κ2) is 6.94. The summed E-state index contributed by atoms with van der Waals surface area (Å²) in [6.07, 6.45) is 6.80. The van der Waals surface area contributed by atoms with Crippen molar-refractivity contribution in [3.05, 3.63) is 0 Å². The number of hydrogen-bond acceptors (Lipinski definition) is 3. The average Bonchev–Trinajstić information content (AvgIpc) is 2.18. The van der Waals surface area contributed by atoms with Gasteiger partial charge in [-0.05, 0) is 19.3 Å². The molecular weight excluding hydrogens is 216 g/mol. The smallest absolute Gasteiger partial charge is 0.434 e. The van der Waals surface area contributed by atoms with Crippen molar-refractivity contribution in [2.45, 2.75) is 51.0 Å². The lowest BCUT2D eigenvalue weighted by Crippen LogP contribution is -2.15. The van der Waals surface area contributed by atoms with Crippen molar-refractivity contribution < 1.29 is 14.3 Å². The average molecular weight is 235 g/mol. The van der Waals surface area contributed by atoms with Crippen LogP contribution < -0.4 is 0 Å². The normalized spacial score (nSPS) is 19.6. The van der Waals surface area contributed by atoms with E-state index in [9.17, 15) is 4.79 Å². The third-order valence-electron chi connectivity index (χ3n) is 2.73.